The van der Waals surface area contributed by atoms with E-state index in [1.807, 2.05) is 0 Å². The Labute approximate surface area is 111 Å². The molecule has 3 aliphatic heterocycles. The van der Waals surface area contributed by atoms with Gasteiger partial charge in [-0.2, -0.15) is 0 Å². The first-order chi connectivity index (χ1) is 8.76. The van der Waals surface area contributed by atoms with Crippen molar-refractivity contribution in [1.82, 2.24) is 9.80 Å². The highest BCUT2D eigenvalue weighted by Gasteiger charge is 2.38. The molecular weight excluding hydrogens is 224 g/mol. The van der Waals surface area contributed by atoms with E-state index < -0.39 is 0 Å². The summed E-state index contributed by atoms with van der Waals surface area (Å²) in [5.41, 5.74) is 0. The van der Waals surface area contributed by atoms with E-state index in [9.17, 15) is 4.79 Å². The minimum Gasteiger partial charge on any atom is -0.303 e. The second-order valence-electron chi connectivity index (χ2n) is 6.43. The van der Waals surface area contributed by atoms with Crippen molar-refractivity contribution in [1.29, 1.82) is 0 Å². The summed E-state index contributed by atoms with van der Waals surface area (Å²) in [6, 6.07) is 1.17. The van der Waals surface area contributed by atoms with Crippen molar-refractivity contribution in [3.63, 3.8) is 0 Å². The van der Waals surface area contributed by atoms with Gasteiger partial charge in [0.15, 0.2) is 0 Å². The van der Waals surface area contributed by atoms with Crippen LogP contribution >= 0.6 is 0 Å². The molecule has 18 heavy (non-hydrogen) atoms. The Morgan fingerprint density at radius 3 is 2.50 bits per heavy atom. The number of ketones is 1. The molecule has 3 saturated heterocycles. The molecule has 2 bridgehead atoms. The largest absolute Gasteiger partial charge is 0.303 e. The molecule has 0 amide bonds. The van der Waals surface area contributed by atoms with Gasteiger partial charge in [0.2, 0.25) is 0 Å². The SMILES string of the molecule is CCN1CCC(CN2C3CCCC2CC(=O)C3)C1. The van der Waals surface area contributed by atoms with Gasteiger partial charge in [-0.05, 0) is 38.3 Å². The lowest BCUT2D eigenvalue weighted by Crippen LogP contribution is -2.53. The smallest absolute Gasteiger partial charge is 0.136 e. The zero-order valence-corrected chi connectivity index (χ0v) is 11.6. The van der Waals surface area contributed by atoms with Gasteiger partial charge in [-0.1, -0.05) is 13.3 Å². The van der Waals surface area contributed by atoms with Crippen LogP contribution in [0.25, 0.3) is 0 Å². The lowest BCUT2D eigenvalue weighted by Gasteiger charge is -2.46. The molecule has 3 unspecified atom stereocenters. The van der Waals surface area contributed by atoms with Crippen LogP contribution in [0.15, 0.2) is 0 Å². The summed E-state index contributed by atoms with van der Waals surface area (Å²) >= 11 is 0. The Morgan fingerprint density at radius 2 is 1.89 bits per heavy atom. The Balaban J connectivity index is 1.60. The van der Waals surface area contributed by atoms with Crippen molar-refractivity contribution in [2.24, 2.45) is 5.92 Å². The van der Waals surface area contributed by atoms with E-state index in [1.165, 1.54) is 51.9 Å². The third-order valence-electron chi connectivity index (χ3n) is 5.23. The molecule has 0 aromatic heterocycles. The van der Waals surface area contributed by atoms with Gasteiger partial charge in [0.05, 0.1) is 0 Å². The van der Waals surface area contributed by atoms with Gasteiger partial charge in [-0.25, -0.2) is 0 Å². The molecule has 3 nitrogen and oxygen atoms in total. The quantitative estimate of drug-likeness (QED) is 0.764. The van der Waals surface area contributed by atoms with E-state index in [0.29, 0.717) is 17.9 Å². The molecule has 3 heterocycles. The number of fused-ring (bicyclic) bond motifs is 2. The summed E-state index contributed by atoms with van der Waals surface area (Å²) in [5.74, 6) is 1.36. The normalized spacial score (nSPS) is 38.3. The van der Waals surface area contributed by atoms with Gasteiger partial charge in [-0.15, -0.1) is 0 Å². The minimum atomic E-state index is 0.516. The molecule has 0 radical (unpaired) electrons. The van der Waals surface area contributed by atoms with Gasteiger partial charge in [0, 0.05) is 38.0 Å². The number of hydrogen-bond donors (Lipinski definition) is 0. The topological polar surface area (TPSA) is 23.6 Å². The Hall–Kier alpha value is -0.410. The van der Waals surface area contributed by atoms with E-state index in [4.69, 9.17) is 0 Å². The summed E-state index contributed by atoms with van der Waals surface area (Å²) in [6.45, 7) is 7.27. The highest BCUT2D eigenvalue weighted by Crippen LogP contribution is 2.33. The average molecular weight is 250 g/mol. The number of hydrogen-bond acceptors (Lipinski definition) is 3. The molecule has 0 saturated carbocycles. The number of carbonyl (C=O) groups excluding carboxylic acids is 1. The van der Waals surface area contributed by atoms with E-state index in [1.54, 1.807) is 0 Å². The van der Waals surface area contributed by atoms with Crippen LogP contribution in [0.1, 0.15) is 45.4 Å². The van der Waals surface area contributed by atoms with Gasteiger partial charge >= 0.3 is 0 Å². The predicted octanol–water partition coefficient (Wildman–Crippen LogP) is 1.91. The number of carbonyl (C=O) groups is 1. The molecule has 3 aliphatic rings. The van der Waals surface area contributed by atoms with Crippen molar-refractivity contribution in [2.45, 2.75) is 57.5 Å². The molecule has 0 aliphatic carbocycles. The molecule has 0 N–H and O–H groups in total. The van der Waals surface area contributed by atoms with E-state index in [-0.39, 0.29) is 0 Å². The van der Waals surface area contributed by atoms with Crippen LogP contribution in [0.2, 0.25) is 0 Å². The number of Topliss-reactive ketones (excluding diaryl/α,β-unsaturated/α-hetero) is 1. The Morgan fingerprint density at radius 1 is 1.17 bits per heavy atom. The predicted molar refractivity (Wildman–Crippen MR) is 72.6 cm³/mol. The second-order valence-corrected chi connectivity index (χ2v) is 6.43. The monoisotopic (exact) mass is 250 g/mol. The Bertz CT molecular complexity index is 302. The molecule has 102 valence electrons. The molecule has 3 heteroatoms. The molecule has 0 aromatic carbocycles. The number of piperidine rings is 2. The first kappa shape index (κ1) is 12.6. The zero-order valence-electron chi connectivity index (χ0n) is 11.6. The summed E-state index contributed by atoms with van der Waals surface area (Å²) in [4.78, 5) is 17.0. The van der Waals surface area contributed by atoms with Crippen LogP contribution in [-0.4, -0.2) is 53.8 Å². The fourth-order valence-electron chi connectivity index (χ4n) is 4.21. The molecule has 3 rings (SSSR count). The van der Waals surface area contributed by atoms with E-state index >= 15 is 0 Å². The first-order valence-electron chi connectivity index (χ1n) is 7.76. The highest BCUT2D eigenvalue weighted by molar-refractivity contribution is 5.80. The summed E-state index contributed by atoms with van der Waals surface area (Å²) in [5, 5.41) is 0. The maximum absolute atomic E-state index is 11.7. The highest BCUT2D eigenvalue weighted by atomic mass is 16.1. The summed E-state index contributed by atoms with van der Waals surface area (Å²) < 4.78 is 0. The maximum atomic E-state index is 11.7. The van der Waals surface area contributed by atoms with Gasteiger partial charge in [0.25, 0.3) is 0 Å². The van der Waals surface area contributed by atoms with E-state index in [2.05, 4.69) is 16.7 Å². The number of rotatable bonds is 3. The van der Waals surface area contributed by atoms with Gasteiger partial charge in [-0.3, -0.25) is 9.69 Å². The van der Waals surface area contributed by atoms with Crippen molar-refractivity contribution in [3.8, 4) is 0 Å². The summed E-state index contributed by atoms with van der Waals surface area (Å²) in [6.07, 6.45) is 6.88. The fraction of sp³-hybridized carbons (Fsp3) is 0.933. The van der Waals surface area contributed by atoms with Gasteiger partial charge < -0.3 is 4.90 Å². The standard InChI is InChI=1S/C15H26N2O/c1-2-16-7-6-12(10-16)11-17-13-4-3-5-14(17)9-15(18)8-13/h12-14H,2-11H2,1H3. The molecule has 0 spiro atoms. The lowest BCUT2D eigenvalue weighted by atomic mass is 9.83. The van der Waals surface area contributed by atoms with Crippen LogP contribution in [0, 0.1) is 5.92 Å². The van der Waals surface area contributed by atoms with Crippen LogP contribution in [-0.2, 0) is 4.79 Å². The van der Waals surface area contributed by atoms with E-state index in [0.717, 1.165) is 18.8 Å². The molecule has 3 atom stereocenters. The third-order valence-corrected chi connectivity index (χ3v) is 5.23. The van der Waals surface area contributed by atoms with Crippen molar-refractivity contribution < 1.29 is 4.79 Å². The van der Waals surface area contributed by atoms with Crippen molar-refractivity contribution in [2.75, 3.05) is 26.2 Å². The lowest BCUT2D eigenvalue weighted by molar-refractivity contribution is -0.127. The number of likely N-dealkylation sites (tertiary alicyclic amines) is 1. The van der Waals surface area contributed by atoms with Crippen molar-refractivity contribution >= 4 is 5.78 Å². The maximum Gasteiger partial charge on any atom is 0.136 e. The summed E-state index contributed by atoms with van der Waals surface area (Å²) in [7, 11) is 0. The fourth-order valence-corrected chi connectivity index (χ4v) is 4.21. The Kier molecular flexibility index (Phi) is 3.71. The minimum absolute atomic E-state index is 0.516. The van der Waals surface area contributed by atoms with Gasteiger partial charge in [0.1, 0.15) is 5.78 Å². The first-order valence-corrected chi connectivity index (χ1v) is 7.76. The number of nitrogens with zero attached hydrogens (tertiary/aromatic N) is 2. The van der Waals surface area contributed by atoms with Crippen molar-refractivity contribution in [3.05, 3.63) is 0 Å². The van der Waals surface area contributed by atoms with Crippen LogP contribution < -0.4 is 0 Å². The molecular formula is C15H26N2O. The van der Waals surface area contributed by atoms with Crippen LogP contribution in [0.4, 0.5) is 0 Å². The van der Waals surface area contributed by atoms with Crippen LogP contribution in [0.5, 0.6) is 0 Å². The third kappa shape index (κ3) is 2.48. The second kappa shape index (κ2) is 5.30. The zero-order chi connectivity index (χ0) is 12.5. The molecule has 0 aromatic rings. The average Bonchev–Trinajstić information content (AvgIpc) is 2.78. The molecule has 3 fully saturated rings. The van der Waals surface area contributed by atoms with Crippen LogP contribution in [0.3, 0.4) is 0 Å².